The van der Waals surface area contributed by atoms with E-state index < -0.39 is 4.33 Å². The van der Waals surface area contributed by atoms with Gasteiger partial charge in [0.2, 0.25) is 0 Å². The van der Waals surface area contributed by atoms with Gasteiger partial charge in [0.25, 0.3) is 0 Å². The Labute approximate surface area is 99.7 Å². The van der Waals surface area contributed by atoms with Crippen LogP contribution < -0.4 is 0 Å². The molecule has 1 nitrogen and oxygen atoms in total. The number of benzene rings is 1. The number of ketones is 1. The summed E-state index contributed by atoms with van der Waals surface area (Å²) in [5.74, 6) is -0.0344. The van der Waals surface area contributed by atoms with Gasteiger partial charge in [0.1, 0.15) is 10.1 Å². The Balaban J connectivity index is 2.94. The standard InChI is InChI=1S/C12H12Cl2O/c1-3-10-4-6-11(7-5-10)12(13,14)8-9(2)15/h3-7H,1,8H2,2H3. The van der Waals surface area contributed by atoms with Crippen molar-refractivity contribution in [2.75, 3.05) is 0 Å². The Bertz CT molecular complexity index is 366. The third-order valence-electron chi connectivity index (χ3n) is 2.04. The lowest BCUT2D eigenvalue weighted by atomic mass is 10.0. The Morgan fingerprint density at radius 3 is 2.33 bits per heavy atom. The van der Waals surface area contributed by atoms with E-state index in [1.165, 1.54) is 6.92 Å². The van der Waals surface area contributed by atoms with Crippen LogP contribution in [0.25, 0.3) is 6.08 Å². The van der Waals surface area contributed by atoms with Crippen LogP contribution in [0.5, 0.6) is 0 Å². The molecule has 3 heteroatoms. The molecule has 80 valence electrons. The highest BCUT2D eigenvalue weighted by Crippen LogP contribution is 2.37. The van der Waals surface area contributed by atoms with Gasteiger partial charge in [0.15, 0.2) is 0 Å². The van der Waals surface area contributed by atoms with Gasteiger partial charge >= 0.3 is 0 Å². The lowest BCUT2D eigenvalue weighted by Gasteiger charge is -2.18. The van der Waals surface area contributed by atoms with E-state index in [1.807, 2.05) is 12.1 Å². The van der Waals surface area contributed by atoms with Crippen molar-refractivity contribution in [3.05, 3.63) is 42.0 Å². The normalized spacial score (nSPS) is 11.1. The van der Waals surface area contributed by atoms with Crippen molar-refractivity contribution >= 4 is 35.1 Å². The summed E-state index contributed by atoms with van der Waals surface area (Å²) in [6, 6.07) is 7.34. The number of carbonyl (C=O) groups is 1. The van der Waals surface area contributed by atoms with Crippen molar-refractivity contribution in [3.8, 4) is 0 Å². The Kier molecular flexibility index (Phi) is 3.95. The highest BCUT2D eigenvalue weighted by Gasteiger charge is 2.27. The first kappa shape index (κ1) is 12.3. The number of alkyl halides is 2. The molecule has 0 aliphatic heterocycles. The number of rotatable bonds is 4. The smallest absolute Gasteiger partial charge is 0.150 e. The van der Waals surface area contributed by atoms with Gasteiger partial charge in [-0.05, 0) is 18.1 Å². The van der Waals surface area contributed by atoms with E-state index in [2.05, 4.69) is 6.58 Å². The van der Waals surface area contributed by atoms with Gasteiger partial charge in [0, 0.05) is 6.42 Å². The third-order valence-corrected chi connectivity index (χ3v) is 2.74. The number of hydrogen-bond donors (Lipinski definition) is 0. The van der Waals surface area contributed by atoms with Crippen LogP contribution in [0.15, 0.2) is 30.8 Å². The summed E-state index contributed by atoms with van der Waals surface area (Å²) < 4.78 is -1.13. The maximum absolute atomic E-state index is 11.0. The molecule has 0 fully saturated rings. The minimum atomic E-state index is -1.13. The fraction of sp³-hybridized carbons (Fsp3) is 0.250. The molecule has 0 saturated carbocycles. The zero-order valence-electron chi connectivity index (χ0n) is 8.47. The molecule has 0 aliphatic carbocycles. The van der Waals surface area contributed by atoms with Gasteiger partial charge in [-0.3, -0.25) is 4.79 Å². The van der Waals surface area contributed by atoms with Crippen LogP contribution in [0.3, 0.4) is 0 Å². The first-order valence-corrected chi connectivity index (χ1v) is 5.31. The van der Waals surface area contributed by atoms with Crippen LogP contribution in [0.2, 0.25) is 0 Å². The van der Waals surface area contributed by atoms with Gasteiger partial charge in [0.05, 0.1) is 0 Å². The molecule has 0 amide bonds. The van der Waals surface area contributed by atoms with E-state index in [0.29, 0.717) is 0 Å². The fourth-order valence-corrected chi connectivity index (χ4v) is 1.91. The predicted octanol–water partition coefficient (Wildman–Crippen LogP) is 3.94. The number of halogens is 2. The van der Waals surface area contributed by atoms with Crippen molar-refractivity contribution in [3.63, 3.8) is 0 Å². The summed E-state index contributed by atoms with van der Waals surface area (Å²) in [7, 11) is 0. The summed E-state index contributed by atoms with van der Waals surface area (Å²) in [5, 5.41) is 0. The minimum Gasteiger partial charge on any atom is -0.300 e. The maximum Gasteiger partial charge on any atom is 0.150 e. The van der Waals surface area contributed by atoms with Gasteiger partial charge < -0.3 is 0 Å². The molecular formula is C12H12Cl2O. The molecule has 0 unspecified atom stereocenters. The number of Topliss-reactive ketones (excluding diaryl/α,β-unsaturated/α-hetero) is 1. The van der Waals surface area contributed by atoms with E-state index >= 15 is 0 Å². The quantitative estimate of drug-likeness (QED) is 0.732. The molecule has 0 aliphatic rings. The van der Waals surface area contributed by atoms with Crippen molar-refractivity contribution in [2.24, 2.45) is 0 Å². The molecule has 1 aromatic rings. The van der Waals surface area contributed by atoms with Crippen molar-refractivity contribution in [2.45, 2.75) is 17.7 Å². The van der Waals surface area contributed by atoms with Crippen LogP contribution in [-0.4, -0.2) is 5.78 Å². The average Bonchev–Trinajstić information content (AvgIpc) is 2.16. The zero-order chi connectivity index (χ0) is 11.5. The van der Waals surface area contributed by atoms with E-state index in [1.54, 1.807) is 18.2 Å². The second kappa shape index (κ2) is 4.82. The van der Waals surface area contributed by atoms with E-state index in [9.17, 15) is 4.79 Å². The lowest BCUT2D eigenvalue weighted by Crippen LogP contribution is -2.14. The third kappa shape index (κ3) is 3.37. The van der Waals surface area contributed by atoms with E-state index in [-0.39, 0.29) is 12.2 Å². The lowest BCUT2D eigenvalue weighted by molar-refractivity contribution is -0.117. The van der Waals surface area contributed by atoms with E-state index in [0.717, 1.165) is 11.1 Å². The monoisotopic (exact) mass is 242 g/mol. The minimum absolute atomic E-state index is 0.0344. The molecule has 0 heterocycles. The molecule has 1 aromatic carbocycles. The summed E-state index contributed by atoms with van der Waals surface area (Å²) >= 11 is 12.1. The molecule has 0 aromatic heterocycles. The summed E-state index contributed by atoms with van der Waals surface area (Å²) in [6.45, 7) is 5.12. The number of hydrogen-bond acceptors (Lipinski definition) is 1. The largest absolute Gasteiger partial charge is 0.300 e. The van der Waals surface area contributed by atoms with Gasteiger partial charge in [-0.25, -0.2) is 0 Å². The first-order chi connectivity index (χ1) is 6.95. The van der Waals surface area contributed by atoms with Crippen LogP contribution in [0, 0.1) is 0 Å². The Morgan fingerprint density at radius 1 is 1.40 bits per heavy atom. The SMILES string of the molecule is C=Cc1ccc(C(Cl)(Cl)CC(C)=O)cc1. The van der Waals surface area contributed by atoms with Crippen molar-refractivity contribution in [1.29, 1.82) is 0 Å². The van der Waals surface area contributed by atoms with Crippen LogP contribution in [0.1, 0.15) is 24.5 Å². The average molecular weight is 243 g/mol. The zero-order valence-corrected chi connectivity index (χ0v) is 9.98. The maximum atomic E-state index is 11.0. The highest BCUT2D eigenvalue weighted by molar-refractivity contribution is 6.48. The first-order valence-electron chi connectivity index (χ1n) is 4.56. The summed E-state index contributed by atoms with van der Waals surface area (Å²) in [5.41, 5.74) is 1.72. The number of carbonyl (C=O) groups excluding carboxylic acids is 1. The topological polar surface area (TPSA) is 17.1 Å². The second-order valence-corrected chi connectivity index (χ2v) is 4.89. The molecule has 0 radical (unpaired) electrons. The van der Waals surface area contributed by atoms with Crippen LogP contribution >= 0.6 is 23.2 Å². The molecule has 15 heavy (non-hydrogen) atoms. The van der Waals surface area contributed by atoms with Crippen molar-refractivity contribution < 1.29 is 4.79 Å². The molecule has 0 saturated heterocycles. The summed E-state index contributed by atoms with van der Waals surface area (Å²) in [6.07, 6.45) is 1.85. The van der Waals surface area contributed by atoms with Crippen molar-refractivity contribution in [1.82, 2.24) is 0 Å². The van der Waals surface area contributed by atoms with Gasteiger partial charge in [-0.2, -0.15) is 0 Å². The van der Waals surface area contributed by atoms with Gasteiger partial charge in [-0.1, -0.05) is 60.1 Å². The fourth-order valence-electron chi connectivity index (χ4n) is 1.28. The van der Waals surface area contributed by atoms with E-state index in [4.69, 9.17) is 23.2 Å². The van der Waals surface area contributed by atoms with Gasteiger partial charge in [-0.15, -0.1) is 0 Å². The molecule has 0 bridgehead atoms. The predicted molar refractivity (Wildman–Crippen MR) is 65.2 cm³/mol. The molecule has 0 atom stereocenters. The molecule has 1 rings (SSSR count). The summed E-state index contributed by atoms with van der Waals surface area (Å²) in [4.78, 5) is 11.0. The second-order valence-electron chi connectivity index (χ2n) is 3.41. The van der Waals surface area contributed by atoms with Crippen LogP contribution in [-0.2, 0) is 9.13 Å². The molecule has 0 N–H and O–H groups in total. The molecule has 0 spiro atoms. The molecular weight excluding hydrogens is 231 g/mol. The highest BCUT2D eigenvalue weighted by atomic mass is 35.5. The Hall–Kier alpha value is -0.790. The Morgan fingerprint density at radius 2 is 1.93 bits per heavy atom. The van der Waals surface area contributed by atoms with Crippen LogP contribution in [0.4, 0.5) is 0 Å².